The highest BCUT2D eigenvalue weighted by molar-refractivity contribution is 5.23. The molecule has 0 saturated carbocycles. The molecule has 0 radical (unpaired) electrons. The van der Waals surface area contributed by atoms with E-state index in [0.717, 1.165) is 0 Å². The molecule has 5 heteroatoms. The third-order valence-electron chi connectivity index (χ3n) is 1.67. The van der Waals surface area contributed by atoms with Crippen molar-refractivity contribution in [3.63, 3.8) is 0 Å². The van der Waals surface area contributed by atoms with Crippen LogP contribution in [0.4, 0.5) is 8.78 Å². The van der Waals surface area contributed by atoms with Crippen LogP contribution < -0.4 is 4.74 Å². The lowest BCUT2D eigenvalue weighted by Crippen LogP contribution is -2.18. The summed E-state index contributed by atoms with van der Waals surface area (Å²) in [6.45, 7) is 3.23. The fourth-order valence-corrected chi connectivity index (χ4v) is 1.01. The van der Waals surface area contributed by atoms with Gasteiger partial charge in [-0.15, -0.1) is 0 Å². The summed E-state index contributed by atoms with van der Waals surface area (Å²) in [7, 11) is 0. The Morgan fingerprint density at radius 1 is 1.31 bits per heavy atom. The average Bonchev–Trinajstić information content (AvgIpc) is 2.13. The third kappa shape index (κ3) is 5.02. The number of alkyl halides is 2. The largest absolute Gasteiger partial charge is 0.433 e. The zero-order valence-corrected chi connectivity index (χ0v) is 9.54. The third-order valence-corrected chi connectivity index (χ3v) is 1.67. The molecule has 0 fully saturated rings. The molecule has 0 atom stereocenters. The van der Waals surface area contributed by atoms with Crippen LogP contribution in [0.5, 0.6) is 5.75 Å². The van der Waals surface area contributed by atoms with E-state index in [1.54, 1.807) is 6.20 Å². The Morgan fingerprint density at radius 2 is 2.00 bits per heavy atom. The summed E-state index contributed by atoms with van der Waals surface area (Å²) < 4.78 is 33.6. The van der Waals surface area contributed by atoms with E-state index in [0.29, 0.717) is 12.2 Å². The topological polar surface area (TPSA) is 31.4 Å². The maximum absolute atomic E-state index is 11.9. The summed E-state index contributed by atoms with van der Waals surface area (Å²) in [5.74, 6) is 0.0463. The molecule has 0 aliphatic rings. The number of hydrogen-bond acceptors (Lipinski definition) is 3. The van der Waals surface area contributed by atoms with Crippen LogP contribution >= 0.6 is 0 Å². The summed E-state index contributed by atoms with van der Waals surface area (Å²) in [4.78, 5) is 3.80. The first-order chi connectivity index (χ1) is 7.37. The van der Waals surface area contributed by atoms with Crippen molar-refractivity contribution in [3.8, 4) is 5.75 Å². The Kier molecular flexibility index (Phi) is 4.18. The molecule has 0 aliphatic heterocycles. The molecule has 0 aliphatic carbocycles. The number of rotatable bonds is 4. The van der Waals surface area contributed by atoms with E-state index in [4.69, 9.17) is 4.74 Å². The second-order valence-electron chi connectivity index (χ2n) is 4.31. The molecular weight excluding hydrogens is 216 g/mol. The number of halogens is 2. The zero-order valence-electron chi connectivity index (χ0n) is 9.54. The molecule has 0 spiro atoms. The SMILES string of the molecule is CC(C)(C)OCc1cncc(OC(F)F)c1. The summed E-state index contributed by atoms with van der Waals surface area (Å²) >= 11 is 0. The van der Waals surface area contributed by atoms with Crippen molar-refractivity contribution in [1.82, 2.24) is 4.98 Å². The molecule has 0 aromatic carbocycles. The van der Waals surface area contributed by atoms with E-state index in [-0.39, 0.29) is 11.4 Å². The highest BCUT2D eigenvalue weighted by Gasteiger charge is 2.11. The van der Waals surface area contributed by atoms with Crippen molar-refractivity contribution in [2.75, 3.05) is 0 Å². The molecule has 1 aromatic rings. The lowest BCUT2D eigenvalue weighted by molar-refractivity contribution is -0.0505. The lowest BCUT2D eigenvalue weighted by Gasteiger charge is -2.19. The Morgan fingerprint density at radius 3 is 2.56 bits per heavy atom. The van der Waals surface area contributed by atoms with Crippen molar-refractivity contribution in [2.24, 2.45) is 0 Å². The standard InChI is InChI=1S/C11H15F2NO2/c1-11(2,3)15-7-8-4-9(6-14-5-8)16-10(12)13/h4-6,10H,7H2,1-3H3. The molecule has 0 bridgehead atoms. The Bertz CT molecular complexity index is 337. The molecular formula is C11H15F2NO2. The van der Waals surface area contributed by atoms with Gasteiger partial charge in [-0.2, -0.15) is 8.78 Å². The van der Waals surface area contributed by atoms with Crippen LogP contribution in [0.1, 0.15) is 26.3 Å². The molecule has 3 nitrogen and oxygen atoms in total. The van der Waals surface area contributed by atoms with Crippen LogP contribution in [0.15, 0.2) is 18.5 Å². The minimum Gasteiger partial charge on any atom is -0.433 e. The number of aromatic nitrogens is 1. The predicted octanol–water partition coefficient (Wildman–Crippen LogP) is 3.00. The van der Waals surface area contributed by atoms with Crippen LogP contribution in [0.3, 0.4) is 0 Å². The lowest BCUT2D eigenvalue weighted by atomic mass is 10.2. The van der Waals surface area contributed by atoms with Crippen LogP contribution in [-0.4, -0.2) is 17.2 Å². The van der Waals surface area contributed by atoms with Crippen molar-refractivity contribution >= 4 is 0 Å². The molecule has 1 aromatic heterocycles. The highest BCUT2D eigenvalue weighted by Crippen LogP contribution is 2.17. The molecule has 1 heterocycles. The summed E-state index contributed by atoms with van der Waals surface area (Å²) in [6.07, 6.45) is 2.80. The number of hydrogen-bond donors (Lipinski definition) is 0. The van der Waals surface area contributed by atoms with Gasteiger partial charge in [-0.25, -0.2) is 0 Å². The van der Waals surface area contributed by atoms with E-state index in [9.17, 15) is 8.78 Å². The molecule has 0 unspecified atom stereocenters. The normalized spacial score (nSPS) is 11.9. The first-order valence-electron chi connectivity index (χ1n) is 4.89. The van der Waals surface area contributed by atoms with Gasteiger partial charge in [0.1, 0.15) is 5.75 Å². The molecule has 16 heavy (non-hydrogen) atoms. The fraction of sp³-hybridized carbons (Fsp3) is 0.545. The smallest absolute Gasteiger partial charge is 0.387 e. The number of ether oxygens (including phenoxy) is 2. The molecule has 1 rings (SSSR count). The zero-order chi connectivity index (χ0) is 12.2. The van der Waals surface area contributed by atoms with Gasteiger partial charge in [-0.1, -0.05) is 0 Å². The second kappa shape index (κ2) is 5.21. The van der Waals surface area contributed by atoms with Crippen molar-refractivity contribution in [2.45, 2.75) is 39.6 Å². The molecule has 0 saturated heterocycles. The molecule has 0 amide bonds. The van der Waals surface area contributed by atoms with Gasteiger partial charge in [-0.3, -0.25) is 4.98 Å². The summed E-state index contributed by atoms with van der Waals surface area (Å²) in [5.41, 5.74) is 0.424. The number of pyridine rings is 1. The summed E-state index contributed by atoms with van der Waals surface area (Å²) in [6, 6.07) is 1.49. The molecule has 0 N–H and O–H groups in total. The van der Waals surface area contributed by atoms with E-state index in [1.165, 1.54) is 12.3 Å². The van der Waals surface area contributed by atoms with Crippen LogP contribution in [0.2, 0.25) is 0 Å². The second-order valence-corrected chi connectivity index (χ2v) is 4.31. The van der Waals surface area contributed by atoms with Gasteiger partial charge in [-0.05, 0) is 32.4 Å². The monoisotopic (exact) mass is 231 g/mol. The first kappa shape index (κ1) is 12.8. The van der Waals surface area contributed by atoms with Gasteiger partial charge in [0.25, 0.3) is 0 Å². The first-order valence-corrected chi connectivity index (χ1v) is 4.89. The van der Waals surface area contributed by atoms with Gasteiger partial charge in [0, 0.05) is 6.20 Å². The Labute approximate surface area is 93.4 Å². The van der Waals surface area contributed by atoms with Gasteiger partial charge in [0.15, 0.2) is 0 Å². The molecule has 90 valence electrons. The minimum atomic E-state index is -2.83. The van der Waals surface area contributed by atoms with E-state index >= 15 is 0 Å². The highest BCUT2D eigenvalue weighted by atomic mass is 19.3. The van der Waals surface area contributed by atoms with Crippen LogP contribution in [-0.2, 0) is 11.3 Å². The van der Waals surface area contributed by atoms with Gasteiger partial charge in [0.05, 0.1) is 18.4 Å². The van der Waals surface area contributed by atoms with Gasteiger partial charge >= 0.3 is 6.61 Å². The van der Waals surface area contributed by atoms with Crippen molar-refractivity contribution < 1.29 is 18.3 Å². The maximum atomic E-state index is 11.9. The van der Waals surface area contributed by atoms with Gasteiger partial charge < -0.3 is 9.47 Å². The quantitative estimate of drug-likeness (QED) is 0.798. The summed E-state index contributed by atoms with van der Waals surface area (Å²) in [5, 5.41) is 0. The van der Waals surface area contributed by atoms with E-state index in [2.05, 4.69) is 9.72 Å². The van der Waals surface area contributed by atoms with Crippen molar-refractivity contribution in [3.05, 3.63) is 24.0 Å². The van der Waals surface area contributed by atoms with Crippen LogP contribution in [0.25, 0.3) is 0 Å². The Hall–Kier alpha value is -1.23. The van der Waals surface area contributed by atoms with Crippen LogP contribution in [0, 0.1) is 0 Å². The van der Waals surface area contributed by atoms with Gasteiger partial charge in [0.2, 0.25) is 0 Å². The van der Waals surface area contributed by atoms with Crippen molar-refractivity contribution in [1.29, 1.82) is 0 Å². The fourth-order valence-electron chi connectivity index (χ4n) is 1.01. The number of nitrogens with zero attached hydrogens (tertiary/aromatic N) is 1. The van der Waals surface area contributed by atoms with E-state index < -0.39 is 6.61 Å². The van der Waals surface area contributed by atoms with E-state index in [1.807, 2.05) is 20.8 Å². The average molecular weight is 231 g/mol. The predicted molar refractivity (Wildman–Crippen MR) is 55.4 cm³/mol. The Balaban J connectivity index is 2.60. The minimum absolute atomic E-state index is 0.0463. The maximum Gasteiger partial charge on any atom is 0.387 e.